The predicted octanol–water partition coefficient (Wildman–Crippen LogP) is 3.64. The van der Waals surface area contributed by atoms with Crippen molar-refractivity contribution in [3.63, 3.8) is 0 Å². The fraction of sp³-hybridized carbons (Fsp3) is 0.409. The summed E-state index contributed by atoms with van der Waals surface area (Å²) in [4.78, 5) is 14.4. The Morgan fingerprint density at radius 2 is 1.93 bits per heavy atom. The van der Waals surface area contributed by atoms with Crippen molar-refractivity contribution >= 4 is 30.3 Å². The number of carbonyl (C=O) groups is 1. The second-order valence-corrected chi connectivity index (χ2v) is 7.06. The first-order valence-corrected chi connectivity index (χ1v) is 10.2. The van der Waals surface area contributed by atoms with Crippen LogP contribution in [0.1, 0.15) is 25.3 Å². The lowest BCUT2D eigenvalue weighted by Gasteiger charge is -2.33. The third-order valence-corrected chi connectivity index (χ3v) is 5.00. The summed E-state index contributed by atoms with van der Waals surface area (Å²) in [7, 11) is 1.89. The minimum absolute atomic E-state index is 0.133. The highest BCUT2D eigenvalue weighted by atomic mass is 32.1. The van der Waals surface area contributed by atoms with Crippen LogP contribution < -0.4 is 15.5 Å². The number of thiol groups is 1. The Morgan fingerprint density at radius 3 is 2.52 bits per heavy atom. The van der Waals surface area contributed by atoms with Gasteiger partial charge in [-0.2, -0.15) is 12.6 Å². The summed E-state index contributed by atoms with van der Waals surface area (Å²) in [6, 6.07) is 8.62. The third-order valence-electron chi connectivity index (χ3n) is 4.78. The summed E-state index contributed by atoms with van der Waals surface area (Å²) in [5, 5.41) is 5.96. The zero-order chi connectivity index (χ0) is 19.5. The van der Waals surface area contributed by atoms with Gasteiger partial charge >= 0.3 is 0 Å². The SMILES string of the molecule is C/C=C(\C=C/NC)/C=C/c1ccc(N2CCC(C(=O)NCCS)CC2)cc1. The zero-order valence-corrected chi connectivity index (χ0v) is 17.2. The topological polar surface area (TPSA) is 44.4 Å². The Hall–Kier alpha value is -2.14. The van der Waals surface area contributed by atoms with E-state index >= 15 is 0 Å². The van der Waals surface area contributed by atoms with E-state index in [2.05, 4.69) is 70.7 Å². The highest BCUT2D eigenvalue weighted by Crippen LogP contribution is 2.24. The van der Waals surface area contributed by atoms with E-state index in [4.69, 9.17) is 0 Å². The number of hydrogen-bond donors (Lipinski definition) is 3. The van der Waals surface area contributed by atoms with Gasteiger partial charge in [0.15, 0.2) is 0 Å². The Kier molecular flexibility index (Phi) is 9.05. The van der Waals surface area contributed by atoms with Gasteiger partial charge in [-0.05, 0) is 55.3 Å². The monoisotopic (exact) mass is 385 g/mol. The van der Waals surface area contributed by atoms with Crippen molar-refractivity contribution in [1.29, 1.82) is 0 Å². The average Bonchev–Trinajstić information content (AvgIpc) is 2.72. The number of nitrogens with one attached hydrogen (secondary N) is 2. The Morgan fingerprint density at radius 1 is 1.22 bits per heavy atom. The molecule has 1 aromatic carbocycles. The molecule has 0 radical (unpaired) electrons. The van der Waals surface area contributed by atoms with E-state index < -0.39 is 0 Å². The van der Waals surface area contributed by atoms with Gasteiger partial charge in [-0.15, -0.1) is 0 Å². The van der Waals surface area contributed by atoms with Crippen molar-refractivity contribution in [1.82, 2.24) is 10.6 Å². The fourth-order valence-electron chi connectivity index (χ4n) is 3.14. The third kappa shape index (κ3) is 6.83. The first-order valence-electron chi connectivity index (χ1n) is 9.59. The molecule has 1 heterocycles. The first kappa shape index (κ1) is 21.2. The van der Waals surface area contributed by atoms with E-state index in [1.54, 1.807) is 0 Å². The van der Waals surface area contributed by atoms with Gasteiger partial charge in [-0.25, -0.2) is 0 Å². The first-order chi connectivity index (χ1) is 13.2. The molecule has 1 aromatic rings. The van der Waals surface area contributed by atoms with Gasteiger partial charge in [0.2, 0.25) is 5.91 Å². The van der Waals surface area contributed by atoms with Crippen molar-refractivity contribution in [2.24, 2.45) is 5.92 Å². The summed E-state index contributed by atoms with van der Waals surface area (Å²) in [5.74, 6) is 0.997. The lowest BCUT2D eigenvalue weighted by Crippen LogP contribution is -2.41. The number of hydrogen-bond acceptors (Lipinski definition) is 4. The van der Waals surface area contributed by atoms with Crippen molar-refractivity contribution < 1.29 is 4.79 Å². The molecule has 0 aliphatic carbocycles. The van der Waals surface area contributed by atoms with Crippen LogP contribution in [0.3, 0.4) is 0 Å². The summed E-state index contributed by atoms with van der Waals surface area (Å²) >= 11 is 4.14. The second-order valence-electron chi connectivity index (χ2n) is 6.61. The molecule has 1 aliphatic rings. The molecule has 1 saturated heterocycles. The minimum Gasteiger partial charge on any atom is -0.394 e. The molecule has 1 fully saturated rings. The summed E-state index contributed by atoms with van der Waals surface area (Å²) < 4.78 is 0. The van der Waals surface area contributed by atoms with E-state index in [0.29, 0.717) is 12.3 Å². The summed E-state index contributed by atoms with van der Waals surface area (Å²) in [6.07, 6.45) is 12.1. The smallest absolute Gasteiger partial charge is 0.223 e. The van der Waals surface area contributed by atoms with Crippen LogP contribution in [0.25, 0.3) is 6.08 Å². The number of benzene rings is 1. The summed E-state index contributed by atoms with van der Waals surface area (Å²) in [6.45, 7) is 4.53. The molecule has 0 spiro atoms. The largest absolute Gasteiger partial charge is 0.394 e. The van der Waals surface area contributed by atoms with Crippen LogP contribution in [0, 0.1) is 5.92 Å². The maximum atomic E-state index is 12.1. The molecule has 1 amide bonds. The van der Waals surface area contributed by atoms with Crippen LogP contribution >= 0.6 is 12.6 Å². The van der Waals surface area contributed by atoms with Crippen LogP contribution in [0.4, 0.5) is 5.69 Å². The molecular formula is C22H31N3OS. The van der Waals surface area contributed by atoms with Gasteiger partial charge in [0.05, 0.1) is 0 Å². The number of anilines is 1. The predicted molar refractivity (Wildman–Crippen MR) is 119 cm³/mol. The number of amides is 1. The summed E-state index contributed by atoms with van der Waals surface area (Å²) in [5.41, 5.74) is 3.56. The van der Waals surface area contributed by atoms with Gasteiger partial charge in [-0.1, -0.05) is 30.4 Å². The highest BCUT2D eigenvalue weighted by Gasteiger charge is 2.24. The molecular weight excluding hydrogens is 354 g/mol. The van der Waals surface area contributed by atoms with Crippen molar-refractivity contribution in [3.05, 3.63) is 59.8 Å². The van der Waals surface area contributed by atoms with Crippen LogP contribution in [0.2, 0.25) is 0 Å². The molecule has 27 heavy (non-hydrogen) atoms. The number of allylic oxidation sites excluding steroid dienone is 4. The van der Waals surface area contributed by atoms with Crippen LogP contribution in [0.5, 0.6) is 0 Å². The van der Waals surface area contributed by atoms with Crippen LogP contribution in [-0.4, -0.2) is 38.3 Å². The molecule has 4 nitrogen and oxygen atoms in total. The molecule has 5 heteroatoms. The van der Waals surface area contributed by atoms with Crippen molar-refractivity contribution in [3.8, 4) is 0 Å². The molecule has 2 rings (SSSR count). The molecule has 1 aliphatic heterocycles. The van der Waals surface area contributed by atoms with Crippen LogP contribution in [-0.2, 0) is 4.79 Å². The molecule has 146 valence electrons. The maximum absolute atomic E-state index is 12.1. The number of carbonyl (C=O) groups excluding carboxylic acids is 1. The standard InChI is InChI=1S/C22H31N3OS/c1-3-18(10-13-23-2)4-5-19-6-8-21(9-7-19)25-15-11-20(12-16-25)22(26)24-14-17-27/h3-10,13,20,23,27H,11-12,14-17H2,1-2H3,(H,24,26)/b5-4+,13-10-,18-3-. The van der Waals surface area contributed by atoms with Crippen molar-refractivity contribution in [2.45, 2.75) is 19.8 Å². The molecule has 0 saturated carbocycles. The Balaban J connectivity index is 1.89. The lowest BCUT2D eigenvalue weighted by atomic mass is 9.95. The number of piperidine rings is 1. The quantitative estimate of drug-likeness (QED) is 0.473. The van der Waals surface area contributed by atoms with Crippen LogP contribution in [0.15, 0.2) is 54.3 Å². The van der Waals surface area contributed by atoms with Gasteiger partial charge in [0, 0.05) is 44.0 Å². The molecule has 0 aromatic heterocycles. The van der Waals surface area contributed by atoms with Crippen molar-refractivity contribution in [2.75, 3.05) is 37.3 Å². The fourth-order valence-corrected chi connectivity index (χ4v) is 3.25. The number of rotatable bonds is 8. The second kappa shape index (κ2) is 11.5. The molecule has 0 atom stereocenters. The normalized spacial score (nSPS) is 16.3. The average molecular weight is 386 g/mol. The molecule has 0 unspecified atom stereocenters. The van der Waals surface area contributed by atoms with Gasteiger partial charge in [-0.3, -0.25) is 4.79 Å². The maximum Gasteiger partial charge on any atom is 0.223 e. The van der Waals surface area contributed by atoms with E-state index in [0.717, 1.165) is 31.5 Å². The molecule has 0 bridgehead atoms. The van der Waals surface area contributed by atoms with E-state index in [1.807, 2.05) is 26.2 Å². The Bertz CT molecular complexity index is 671. The van der Waals surface area contributed by atoms with Gasteiger partial charge in [0.25, 0.3) is 0 Å². The Labute approximate surface area is 168 Å². The zero-order valence-electron chi connectivity index (χ0n) is 16.3. The highest BCUT2D eigenvalue weighted by molar-refractivity contribution is 7.80. The minimum atomic E-state index is 0.133. The van der Waals surface area contributed by atoms with E-state index in [9.17, 15) is 4.79 Å². The van der Waals surface area contributed by atoms with Gasteiger partial charge in [0.1, 0.15) is 0 Å². The van der Waals surface area contributed by atoms with E-state index in [1.165, 1.54) is 11.3 Å². The lowest BCUT2D eigenvalue weighted by molar-refractivity contribution is -0.125. The molecule has 2 N–H and O–H groups in total. The van der Waals surface area contributed by atoms with Gasteiger partial charge < -0.3 is 15.5 Å². The number of nitrogens with zero attached hydrogens (tertiary/aromatic N) is 1. The van der Waals surface area contributed by atoms with E-state index in [-0.39, 0.29) is 11.8 Å².